The fourth-order valence-corrected chi connectivity index (χ4v) is 0.818. The van der Waals surface area contributed by atoms with E-state index in [1.54, 1.807) is 0 Å². The lowest BCUT2D eigenvalue weighted by Gasteiger charge is -1.77. The third-order valence-electron chi connectivity index (χ3n) is 1.18. The number of H-pyrrole nitrogens is 1. The van der Waals surface area contributed by atoms with Crippen LogP contribution in [0.25, 0.3) is 11.2 Å². The van der Waals surface area contributed by atoms with Crippen LogP contribution in [0.3, 0.4) is 0 Å². The van der Waals surface area contributed by atoms with Gasteiger partial charge in [-0.25, -0.2) is 0 Å². The molecule has 0 aliphatic rings. The summed E-state index contributed by atoms with van der Waals surface area (Å²) in [6.07, 6.45) is 0. The summed E-state index contributed by atoms with van der Waals surface area (Å²) < 4.78 is 4.86. The number of anilines is 1. The smallest absolute Gasteiger partial charge is 0.294 e. The molecule has 10 heavy (non-hydrogen) atoms. The molecule has 4 N–H and O–H groups in total. The molecule has 0 aliphatic heterocycles. The molecule has 0 saturated heterocycles. The van der Waals surface area contributed by atoms with Crippen LogP contribution in [0.2, 0.25) is 0 Å². The highest BCUT2D eigenvalue weighted by Gasteiger charge is 2.04. The monoisotopic (exact) mass is 139 g/mol. The van der Waals surface area contributed by atoms with Crippen LogP contribution in [0.4, 0.5) is 6.01 Å². The van der Waals surface area contributed by atoms with E-state index in [1.165, 1.54) is 6.07 Å². The molecule has 2 aromatic rings. The predicted octanol–water partition coefficient (Wildman–Crippen LogP) is 0.444. The normalized spacial score (nSPS) is 10.8. The van der Waals surface area contributed by atoms with Crippen LogP contribution in [-0.4, -0.2) is 15.1 Å². The molecule has 0 aliphatic carbocycles. The number of aromatic amines is 1. The molecule has 5 nitrogen and oxygen atoms in total. The van der Waals surface area contributed by atoms with Gasteiger partial charge < -0.3 is 20.2 Å². The second kappa shape index (κ2) is 1.44. The number of nitrogens with one attached hydrogen (secondary N) is 1. The Hall–Kier alpha value is -1.65. The van der Waals surface area contributed by atoms with Crippen molar-refractivity contribution in [1.82, 2.24) is 9.97 Å². The van der Waals surface area contributed by atoms with Gasteiger partial charge in [-0.1, -0.05) is 0 Å². The highest BCUT2D eigenvalue weighted by atomic mass is 16.4. The van der Waals surface area contributed by atoms with Crippen LogP contribution >= 0.6 is 0 Å². The topological polar surface area (TPSA) is 88.1 Å². The van der Waals surface area contributed by atoms with Crippen molar-refractivity contribution in [2.24, 2.45) is 0 Å². The van der Waals surface area contributed by atoms with E-state index in [-0.39, 0.29) is 11.9 Å². The molecule has 0 aromatic carbocycles. The first-order valence-electron chi connectivity index (χ1n) is 2.70. The highest BCUT2D eigenvalue weighted by Crippen LogP contribution is 2.20. The fourth-order valence-electron chi connectivity index (χ4n) is 0.818. The van der Waals surface area contributed by atoms with Crippen molar-refractivity contribution in [1.29, 1.82) is 0 Å². The number of rotatable bonds is 0. The van der Waals surface area contributed by atoms with Gasteiger partial charge in [0.25, 0.3) is 6.01 Å². The Morgan fingerprint density at radius 3 is 3.20 bits per heavy atom. The second-order valence-corrected chi connectivity index (χ2v) is 1.92. The molecular weight excluding hydrogens is 134 g/mol. The van der Waals surface area contributed by atoms with Crippen molar-refractivity contribution in [2.45, 2.75) is 0 Å². The quantitative estimate of drug-likeness (QED) is 0.494. The maximum absolute atomic E-state index is 8.84. The Kier molecular flexibility index (Phi) is 0.743. The molecule has 0 atom stereocenters. The van der Waals surface area contributed by atoms with Crippen LogP contribution in [0.15, 0.2) is 10.5 Å². The van der Waals surface area contributed by atoms with Gasteiger partial charge in [-0.05, 0) is 0 Å². The minimum absolute atomic E-state index is 0.0289. The standard InChI is InChI=1S/C5H5N3O2/c6-5-8-4-2(10-5)1-3(9)7-4/h1,7,9H,(H2,6,8). The summed E-state index contributed by atoms with van der Waals surface area (Å²) in [4.78, 5) is 6.28. The molecule has 0 fully saturated rings. The van der Waals surface area contributed by atoms with Crippen LogP contribution < -0.4 is 5.73 Å². The van der Waals surface area contributed by atoms with Gasteiger partial charge in [-0.3, -0.25) is 0 Å². The largest absolute Gasteiger partial charge is 0.494 e. The van der Waals surface area contributed by atoms with E-state index in [4.69, 9.17) is 15.3 Å². The van der Waals surface area contributed by atoms with E-state index in [0.29, 0.717) is 11.2 Å². The Morgan fingerprint density at radius 2 is 2.50 bits per heavy atom. The lowest BCUT2D eigenvalue weighted by Crippen LogP contribution is -1.81. The molecule has 0 radical (unpaired) electrons. The van der Waals surface area contributed by atoms with Gasteiger partial charge in [-0.15, -0.1) is 0 Å². The SMILES string of the molecule is Nc1nc2[nH]c(O)cc2o1. The van der Waals surface area contributed by atoms with Crippen molar-refractivity contribution in [3.8, 4) is 5.88 Å². The van der Waals surface area contributed by atoms with Gasteiger partial charge in [0.15, 0.2) is 17.1 Å². The minimum atomic E-state index is 0.0289. The number of nitrogens with zero attached hydrogens (tertiary/aromatic N) is 1. The van der Waals surface area contributed by atoms with Gasteiger partial charge in [0.05, 0.1) is 0 Å². The fraction of sp³-hybridized carbons (Fsp3) is 0. The van der Waals surface area contributed by atoms with E-state index in [1.807, 2.05) is 0 Å². The summed E-state index contributed by atoms with van der Waals surface area (Å²) in [6.45, 7) is 0. The number of aromatic nitrogens is 2. The zero-order valence-electron chi connectivity index (χ0n) is 4.96. The average Bonchev–Trinajstić information content (AvgIpc) is 2.21. The zero-order chi connectivity index (χ0) is 7.14. The van der Waals surface area contributed by atoms with Gasteiger partial charge in [0, 0.05) is 6.07 Å². The zero-order valence-corrected chi connectivity index (χ0v) is 4.96. The molecule has 2 heterocycles. The second-order valence-electron chi connectivity index (χ2n) is 1.92. The molecule has 0 saturated carbocycles. The molecule has 52 valence electrons. The number of aromatic hydroxyl groups is 1. The minimum Gasteiger partial charge on any atom is -0.494 e. The van der Waals surface area contributed by atoms with E-state index >= 15 is 0 Å². The maximum atomic E-state index is 8.84. The highest BCUT2D eigenvalue weighted by molar-refractivity contribution is 5.72. The van der Waals surface area contributed by atoms with Crippen LogP contribution in [0.5, 0.6) is 5.88 Å². The van der Waals surface area contributed by atoms with Crippen molar-refractivity contribution in [3.05, 3.63) is 6.07 Å². The Balaban J connectivity index is 2.83. The Bertz CT molecular complexity index is 299. The predicted molar refractivity (Wildman–Crippen MR) is 34.4 cm³/mol. The third-order valence-corrected chi connectivity index (χ3v) is 1.18. The van der Waals surface area contributed by atoms with E-state index < -0.39 is 0 Å². The number of fused-ring (bicyclic) bond motifs is 1. The van der Waals surface area contributed by atoms with E-state index in [9.17, 15) is 0 Å². The number of oxazole rings is 1. The van der Waals surface area contributed by atoms with Crippen molar-refractivity contribution in [2.75, 3.05) is 5.73 Å². The summed E-state index contributed by atoms with van der Waals surface area (Å²) in [6, 6.07) is 1.51. The molecule has 0 unspecified atom stereocenters. The van der Waals surface area contributed by atoms with Crippen LogP contribution in [-0.2, 0) is 0 Å². The molecular formula is C5H5N3O2. The number of hydrogen-bond acceptors (Lipinski definition) is 4. The van der Waals surface area contributed by atoms with Crippen LogP contribution in [0.1, 0.15) is 0 Å². The molecule has 0 amide bonds. The lowest BCUT2D eigenvalue weighted by molar-refractivity contribution is 0.457. The van der Waals surface area contributed by atoms with Crippen molar-refractivity contribution >= 4 is 17.2 Å². The average molecular weight is 139 g/mol. The summed E-state index contributed by atoms with van der Waals surface area (Å²) in [5.74, 6) is 0.0289. The first-order chi connectivity index (χ1) is 4.75. The maximum Gasteiger partial charge on any atom is 0.294 e. The molecule has 0 bridgehead atoms. The van der Waals surface area contributed by atoms with Crippen LogP contribution in [0, 0.1) is 0 Å². The molecule has 5 heteroatoms. The summed E-state index contributed by atoms with van der Waals surface area (Å²) in [5.41, 5.74) is 6.14. The van der Waals surface area contributed by atoms with Gasteiger partial charge in [0.2, 0.25) is 0 Å². The molecule has 2 rings (SSSR count). The van der Waals surface area contributed by atoms with Crippen molar-refractivity contribution < 1.29 is 9.52 Å². The molecule has 0 spiro atoms. The summed E-state index contributed by atoms with van der Waals surface area (Å²) in [7, 11) is 0. The lowest BCUT2D eigenvalue weighted by atomic mass is 10.6. The Labute approximate surface area is 55.5 Å². The first-order valence-corrected chi connectivity index (χ1v) is 2.70. The van der Waals surface area contributed by atoms with E-state index in [2.05, 4.69) is 9.97 Å². The van der Waals surface area contributed by atoms with E-state index in [0.717, 1.165) is 0 Å². The number of nitrogen functional groups attached to an aromatic ring is 1. The number of nitrogens with two attached hydrogens (primary N) is 1. The Morgan fingerprint density at radius 1 is 1.70 bits per heavy atom. The first kappa shape index (κ1) is 5.16. The van der Waals surface area contributed by atoms with Gasteiger partial charge >= 0.3 is 0 Å². The molecule has 2 aromatic heterocycles. The van der Waals surface area contributed by atoms with Crippen molar-refractivity contribution in [3.63, 3.8) is 0 Å². The summed E-state index contributed by atoms with van der Waals surface area (Å²) in [5, 5.41) is 8.84. The van der Waals surface area contributed by atoms with Gasteiger partial charge in [0.1, 0.15) is 0 Å². The third kappa shape index (κ3) is 0.540. The summed E-state index contributed by atoms with van der Waals surface area (Å²) >= 11 is 0. The number of hydrogen-bond donors (Lipinski definition) is 3. The van der Waals surface area contributed by atoms with Gasteiger partial charge in [-0.2, -0.15) is 4.98 Å².